The highest BCUT2D eigenvalue weighted by Gasteiger charge is 2.26. The largest absolute Gasteiger partial charge is 0.487 e. The summed E-state index contributed by atoms with van der Waals surface area (Å²) in [5.41, 5.74) is 3.12. The maximum Gasteiger partial charge on any atom is 0.168 e. The Hall–Kier alpha value is -3.24. The van der Waals surface area contributed by atoms with Gasteiger partial charge in [-0.15, -0.1) is 0 Å². The first-order valence-electron chi connectivity index (χ1n) is 8.50. The maximum atomic E-state index is 9.27. The Kier molecular flexibility index (Phi) is 3.84. The van der Waals surface area contributed by atoms with Gasteiger partial charge in [0, 0.05) is 35.3 Å². The van der Waals surface area contributed by atoms with Crippen molar-refractivity contribution in [3.8, 4) is 23.1 Å². The minimum Gasteiger partial charge on any atom is -0.487 e. The van der Waals surface area contributed by atoms with Crippen molar-refractivity contribution < 1.29 is 9.15 Å². The molecule has 0 fully saturated rings. The summed E-state index contributed by atoms with van der Waals surface area (Å²) in [6.07, 6.45) is 3.20. The predicted molar refractivity (Wildman–Crippen MR) is 104 cm³/mol. The molecule has 0 unspecified atom stereocenters. The van der Waals surface area contributed by atoms with Crippen LogP contribution in [0.4, 0.5) is 0 Å². The Morgan fingerprint density at radius 1 is 1.30 bits per heavy atom. The molecule has 0 bridgehead atoms. The Morgan fingerprint density at radius 2 is 2.26 bits per heavy atom. The van der Waals surface area contributed by atoms with Crippen LogP contribution in [0.2, 0.25) is 0 Å². The van der Waals surface area contributed by atoms with Gasteiger partial charge in [-0.05, 0) is 30.3 Å². The van der Waals surface area contributed by atoms with E-state index >= 15 is 0 Å². The average molecular weight is 374 g/mol. The molecule has 2 aliphatic rings. The van der Waals surface area contributed by atoms with E-state index < -0.39 is 0 Å². The maximum absolute atomic E-state index is 9.27. The number of nitrogens with zero attached hydrogens (tertiary/aromatic N) is 4. The summed E-state index contributed by atoms with van der Waals surface area (Å²) < 4.78 is 11.9. The van der Waals surface area contributed by atoms with Gasteiger partial charge >= 0.3 is 0 Å². The third kappa shape index (κ3) is 2.84. The second-order valence-corrected chi connectivity index (χ2v) is 7.01. The predicted octanol–water partition coefficient (Wildman–Crippen LogP) is 4.01. The molecule has 132 valence electrons. The van der Waals surface area contributed by atoms with Gasteiger partial charge in [0.05, 0.1) is 17.8 Å². The van der Waals surface area contributed by atoms with Crippen molar-refractivity contribution in [2.75, 3.05) is 19.7 Å². The first-order chi connectivity index (χ1) is 13.3. The molecule has 0 saturated heterocycles. The topological polar surface area (TPSA) is 74.7 Å². The van der Waals surface area contributed by atoms with Crippen LogP contribution in [-0.4, -0.2) is 34.7 Å². The number of nitriles is 1. The number of benzene rings is 1. The third-order valence-electron chi connectivity index (χ3n) is 4.53. The highest BCUT2D eigenvalue weighted by molar-refractivity contribution is 8.16. The van der Waals surface area contributed by atoms with Crippen molar-refractivity contribution in [2.45, 2.75) is 0 Å². The number of aromatic nitrogens is 1. The number of pyridine rings is 1. The van der Waals surface area contributed by atoms with Gasteiger partial charge in [0.15, 0.2) is 5.17 Å². The van der Waals surface area contributed by atoms with E-state index in [0.717, 1.165) is 46.2 Å². The summed E-state index contributed by atoms with van der Waals surface area (Å²) in [4.78, 5) is 10.6. The van der Waals surface area contributed by atoms with E-state index in [0.29, 0.717) is 17.9 Å². The molecule has 7 heteroatoms. The first kappa shape index (κ1) is 16.0. The fourth-order valence-electron chi connectivity index (χ4n) is 3.19. The molecule has 27 heavy (non-hydrogen) atoms. The number of amidine groups is 1. The average Bonchev–Trinajstić information content (AvgIpc) is 3.41. The van der Waals surface area contributed by atoms with Gasteiger partial charge in [0.1, 0.15) is 29.8 Å². The molecule has 1 aromatic carbocycles. The lowest BCUT2D eigenvalue weighted by Gasteiger charge is -2.16. The van der Waals surface area contributed by atoms with Gasteiger partial charge in [-0.3, -0.25) is 9.98 Å². The van der Waals surface area contributed by atoms with E-state index in [4.69, 9.17) is 9.15 Å². The van der Waals surface area contributed by atoms with Crippen LogP contribution >= 0.6 is 11.8 Å². The molecule has 2 aromatic heterocycles. The summed E-state index contributed by atoms with van der Waals surface area (Å²) in [5.74, 6) is 1.43. The van der Waals surface area contributed by atoms with Gasteiger partial charge in [-0.1, -0.05) is 11.8 Å². The number of fused-ring (bicyclic) bond motifs is 2. The number of rotatable bonds is 4. The molecule has 0 N–H and O–H groups in total. The van der Waals surface area contributed by atoms with E-state index in [2.05, 4.69) is 26.4 Å². The van der Waals surface area contributed by atoms with Crippen molar-refractivity contribution in [1.29, 1.82) is 5.26 Å². The molecular weight excluding hydrogens is 360 g/mol. The Morgan fingerprint density at radius 3 is 3.19 bits per heavy atom. The van der Waals surface area contributed by atoms with E-state index in [9.17, 15) is 5.26 Å². The van der Waals surface area contributed by atoms with E-state index in [1.54, 1.807) is 30.2 Å². The minimum atomic E-state index is 0.488. The smallest absolute Gasteiger partial charge is 0.168 e. The third-order valence-corrected chi connectivity index (χ3v) is 5.48. The van der Waals surface area contributed by atoms with E-state index in [-0.39, 0.29) is 0 Å². The molecule has 3 aromatic rings. The molecule has 0 atom stereocenters. The summed E-state index contributed by atoms with van der Waals surface area (Å²) in [6, 6.07) is 11.6. The summed E-state index contributed by atoms with van der Waals surface area (Å²) in [5, 5.41) is 13.4. The number of hydrogen-bond acceptors (Lipinski definition) is 7. The molecule has 2 aliphatic heterocycles. The molecule has 4 heterocycles. The Bertz CT molecular complexity index is 1140. The SMILES string of the molecule is N#Cc1cnccc1-c1cc2cc(OCC3=CSC4=NCCN34)ccc2o1. The van der Waals surface area contributed by atoms with E-state index in [1.807, 2.05) is 24.3 Å². The highest BCUT2D eigenvalue weighted by atomic mass is 32.2. The summed E-state index contributed by atoms with van der Waals surface area (Å²) >= 11 is 1.65. The minimum absolute atomic E-state index is 0.488. The molecule has 6 nitrogen and oxygen atoms in total. The molecule has 0 amide bonds. The fraction of sp³-hybridized carbons (Fsp3) is 0.150. The van der Waals surface area contributed by atoms with Gasteiger partial charge < -0.3 is 14.1 Å². The Labute approximate surface area is 159 Å². The summed E-state index contributed by atoms with van der Waals surface area (Å²) in [7, 11) is 0. The van der Waals surface area contributed by atoms with Gasteiger partial charge in [-0.25, -0.2) is 0 Å². The van der Waals surface area contributed by atoms with Crippen molar-refractivity contribution in [1.82, 2.24) is 9.88 Å². The number of hydrogen-bond donors (Lipinski definition) is 0. The lowest BCUT2D eigenvalue weighted by molar-refractivity contribution is 0.322. The monoisotopic (exact) mass is 374 g/mol. The lowest BCUT2D eigenvalue weighted by Crippen LogP contribution is -2.24. The highest BCUT2D eigenvalue weighted by Crippen LogP contribution is 2.33. The zero-order valence-corrected chi connectivity index (χ0v) is 15.1. The van der Waals surface area contributed by atoms with Gasteiger partial charge in [0.25, 0.3) is 0 Å². The zero-order chi connectivity index (χ0) is 18.2. The van der Waals surface area contributed by atoms with Crippen LogP contribution in [-0.2, 0) is 0 Å². The van der Waals surface area contributed by atoms with Gasteiger partial charge in [0.2, 0.25) is 0 Å². The van der Waals surface area contributed by atoms with Crippen LogP contribution < -0.4 is 4.74 Å². The normalized spacial score (nSPS) is 15.4. The molecular formula is C20H14N4O2S. The number of furan rings is 1. The van der Waals surface area contributed by atoms with Crippen molar-refractivity contribution in [3.63, 3.8) is 0 Å². The zero-order valence-electron chi connectivity index (χ0n) is 14.3. The first-order valence-corrected chi connectivity index (χ1v) is 9.38. The summed E-state index contributed by atoms with van der Waals surface area (Å²) in [6.45, 7) is 2.28. The van der Waals surface area contributed by atoms with E-state index in [1.165, 1.54) is 0 Å². The van der Waals surface area contributed by atoms with Crippen LogP contribution in [0.3, 0.4) is 0 Å². The number of ether oxygens (including phenoxy) is 1. The molecule has 5 rings (SSSR count). The van der Waals surface area contributed by atoms with Crippen LogP contribution in [0.1, 0.15) is 5.56 Å². The van der Waals surface area contributed by atoms with Crippen molar-refractivity contribution >= 4 is 27.9 Å². The molecule has 0 radical (unpaired) electrons. The number of thioether (sulfide) groups is 1. The second kappa shape index (κ2) is 6.49. The fourth-order valence-corrected chi connectivity index (χ4v) is 4.13. The molecule has 0 saturated carbocycles. The molecule has 0 spiro atoms. The van der Waals surface area contributed by atoms with Crippen LogP contribution in [0.25, 0.3) is 22.3 Å². The molecule has 0 aliphatic carbocycles. The Balaban J connectivity index is 1.38. The van der Waals surface area contributed by atoms with Crippen LogP contribution in [0.15, 0.2) is 63.2 Å². The van der Waals surface area contributed by atoms with Crippen molar-refractivity contribution in [3.05, 3.63) is 59.4 Å². The van der Waals surface area contributed by atoms with Crippen molar-refractivity contribution in [2.24, 2.45) is 4.99 Å². The van der Waals surface area contributed by atoms with Gasteiger partial charge in [-0.2, -0.15) is 5.26 Å². The second-order valence-electron chi connectivity index (χ2n) is 6.17. The van der Waals surface area contributed by atoms with Crippen LogP contribution in [0, 0.1) is 11.3 Å². The standard InChI is InChI=1S/C20H14N4O2S/c21-9-14-10-22-4-3-17(14)19-8-13-7-16(1-2-18(13)26-19)25-11-15-12-27-20-23-5-6-24(15)20/h1-4,7-8,10,12H,5-6,11H2. The van der Waals surface area contributed by atoms with Crippen LogP contribution in [0.5, 0.6) is 5.75 Å². The lowest BCUT2D eigenvalue weighted by atomic mass is 10.1. The quantitative estimate of drug-likeness (QED) is 0.687. The number of aliphatic imine (C=N–C) groups is 1.